The summed E-state index contributed by atoms with van der Waals surface area (Å²) in [5, 5.41) is 0. The normalized spacial score (nSPS) is 16.1. The van der Waals surface area contributed by atoms with Crippen LogP contribution in [0.25, 0.3) is 0 Å². The van der Waals surface area contributed by atoms with Crippen LogP contribution in [0.4, 0.5) is 4.39 Å². The quantitative estimate of drug-likeness (QED) is 0.890. The number of carbonyl (C=O) groups excluding carboxylic acids is 1. The topological polar surface area (TPSA) is 46.3 Å². The minimum Gasteiger partial charge on any atom is -0.342 e. The van der Waals surface area contributed by atoms with Gasteiger partial charge in [0.05, 0.1) is 10.9 Å². The number of rotatable bonds is 2. The van der Waals surface area contributed by atoms with Crippen molar-refractivity contribution in [3.05, 3.63) is 34.1 Å². The van der Waals surface area contributed by atoms with Crippen molar-refractivity contribution in [1.29, 1.82) is 0 Å². The van der Waals surface area contributed by atoms with Crippen LogP contribution in [0, 0.1) is 5.82 Å². The molecule has 106 valence electrons. The van der Waals surface area contributed by atoms with Gasteiger partial charge < -0.3 is 10.6 Å². The molecule has 1 aliphatic heterocycles. The number of nitrogens with two attached hydrogens (primary N) is 1. The molecule has 1 saturated heterocycles. The molecular formula is C13H17BrClFN2O. The van der Waals surface area contributed by atoms with Gasteiger partial charge in [-0.05, 0) is 46.5 Å². The van der Waals surface area contributed by atoms with Gasteiger partial charge in [-0.3, -0.25) is 4.79 Å². The van der Waals surface area contributed by atoms with Gasteiger partial charge in [0.1, 0.15) is 5.82 Å². The van der Waals surface area contributed by atoms with E-state index in [1.54, 1.807) is 12.1 Å². The molecule has 1 aliphatic rings. The van der Waals surface area contributed by atoms with Crippen molar-refractivity contribution in [3.8, 4) is 0 Å². The lowest BCUT2D eigenvalue weighted by Gasteiger charge is -2.30. The molecule has 0 aromatic heterocycles. The maximum absolute atomic E-state index is 13.1. The number of nitrogens with zero attached hydrogens (tertiary/aromatic N) is 1. The van der Waals surface area contributed by atoms with Crippen LogP contribution in [-0.4, -0.2) is 29.9 Å². The van der Waals surface area contributed by atoms with Gasteiger partial charge in [-0.15, -0.1) is 12.4 Å². The van der Waals surface area contributed by atoms with E-state index >= 15 is 0 Å². The summed E-state index contributed by atoms with van der Waals surface area (Å²) >= 11 is 3.12. The average molecular weight is 352 g/mol. The van der Waals surface area contributed by atoms with Gasteiger partial charge in [0, 0.05) is 19.1 Å². The van der Waals surface area contributed by atoms with E-state index in [0.29, 0.717) is 10.9 Å². The molecule has 0 spiro atoms. The third-order valence-corrected chi connectivity index (χ3v) is 3.84. The van der Waals surface area contributed by atoms with E-state index in [1.807, 2.05) is 4.90 Å². The average Bonchev–Trinajstić information content (AvgIpc) is 2.34. The molecule has 6 heteroatoms. The smallest absolute Gasteiger partial charge is 0.226 e. The van der Waals surface area contributed by atoms with E-state index in [9.17, 15) is 9.18 Å². The molecular weight excluding hydrogens is 335 g/mol. The Balaban J connectivity index is 0.00000180. The molecule has 2 N–H and O–H groups in total. The third kappa shape index (κ3) is 4.44. The molecule has 0 saturated carbocycles. The van der Waals surface area contributed by atoms with E-state index in [2.05, 4.69) is 15.9 Å². The van der Waals surface area contributed by atoms with Crippen LogP contribution in [-0.2, 0) is 11.2 Å². The second-order valence-electron chi connectivity index (χ2n) is 4.64. The van der Waals surface area contributed by atoms with E-state index in [1.165, 1.54) is 6.07 Å². The Morgan fingerprint density at radius 2 is 2.05 bits per heavy atom. The van der Waals surface area contributed by atoms with Gasteiger partial charge in [-0.25, -0.2) is 4.39 Å². The Labute approximate surface area is 126 Å². The van der Waals surface area contributed by atoms with Crippen LogP contribution in [0.3, 0.4) is 0 Å². The Morgan fingerprint density at radius 3 is 2.63 bits per heavy atom. The van der Waals surface area contributed by atoms with Crippen molar-refractivity contribution in [2.75, 3.05) is 13.1 Å². The molecule has 1 amide bonds. The zero-order chi connectivity index (χ0) is 13.1. The van der Waals surface area contributed by atoms with Crippen molar-refractivity contribution in [3.63, 3.8) is 0 Å². The van der Waals surface area contributed by atoms with Crippen LogP contribution < -0.4 is 5.73 Å². The zero-order valence-electron chi connectivity index (χ0n) is 10.4. The van der Waals surface area contributed by atoms with E-state index in [0.717, 1.165) is 31.5 Å². The van der Waals surface area contributed by atoms with E-state index in [-0.39, 0.29) is 30.2 Å². The summed E-state index contributed by atoms with van der Waals surface area (Å²) in [6.45, 7) is 1.45. The highest BCUT2D eigenvalue weighted by Gasteiger charge is 2.20. The largest absolute Gasteiger partial charge is 0.342 e. The number of piperidine rings is 1. The fourth-order valence-electron chi connectivity index (χ4n) is 2.08. The lowest BCUT2D eigenvalue weighted by Crippen LogP contribution is -2.43. The first kappa shape index (κ1) is 16.4. The van der Waals surface area contributed by atoms with Crippen molar-refractivity contribution >= 4 is 34.2 Å². The second kappa shape index (κ2) is 7.22. The van der Waals surface area contributed by atoms with E-state index in [4.69, 9.17) is 5.73 Å². The molecule has 1 fully saturated rings. The lowest BCUT2D eigenvalue weighted by atomic mass is 10.0. The third-order valence-electron chi connectivity index (χ3n) is 3.23. The lowest BCUT2D eigenvalue weighted by molar-refractivity contribution is -0.131. The maximum atomic E-state index is 13.1. The summed E-state index contributed by atoms with van der Waals surface area (Å²) in [4.78, 5) is 13.9. The molecule has 0 bridgehead atoms. The first-order chi connectivity index (χ1) is 8.56. The number of amides is 1. The molecule has 0 unspecified atom stereocenters. The summed E-state index contributed by atoms with van der Waals surface area (Å²) in [6.07, 6.45) is 2.03. The molecule has 19 heavy (non-hydrogen) atoms. The monoisotopic (exact) mass is 350 g/mol. The predicted molar refractivity (Wildman–Crippen MR) is 78.8 cm³/mol. The van der Waals surface area contributed by atoms with Crippen molar-refractivity contribution in [1.82, 2.24) is 4.90 Å². The van der Waals surface area contributed by atoms with Gasteiger partial charge in [-0.2, -0.15) is 0 Å². The molecule has 0 atom stereocenters. The Bertz CT molecular complexity index is 450. The predicted octanol–water partition coefficient (Wildman–Crippen LogP) is 2.50. The van der Waals surface area contributed by atoms with Crippen LogP contribution in [0.1, 0.15) is 18.4 Å². The van der Waals surface area contributed by atoms with Gasteiger partial charge in [-0.1, -0.05) is 6.07 Å². The molecule has 1 aromatic rings. The fourth-order valence-corrected chi connectivity index (χ4v) is 2.51. The molecule has 3 nitrogen and oxygen atoms in total. The summed E-state index contributed by atoms with van der Waals surface area (Å²) in [7, 11) is 0. The number of hydrogen-bond acceptors (Lipinski definition) is 2. The summed E-state index contributed by atoms with van der Waals surface area (Å²) in [6, 6.07) is 4.89. The number of benzene rings is 1. The maximum Gasteiger partial charge on any atom is 0.226 e. The highest BCUT2D eigenvalue weighted by atomic mass is 79.9. The van der Waals surface area contributed by atoms with Gasteiger partial charge in [0.2, 0.25) is 5.91 Å². The molecule has 2 rings (SSSR count). The Hall–Kier alpha value is -0.650. The number of likely N-dealkylation sites (tertiary alicyclic amines) is 1. The Morgan fingerprint density at radius 1 is 1.42 bits per heavy atom. The highest BCUT2D eigenvalue weighted by Crippen LogP contribution is 2.18. The molecule has 0 radical (unpaired) electrons. The SMILES string of the molecule is Cl.NC1CCN(C(=O)Cc2ccc(F)c(Br)c2)CC1. The van der Waals surface area contributed by atoms with Crippen LogP contribution in [0.2, 0.25) is 0 Å². The zero-order valence-corrected chi connectivity index (χ0v) is 12.8. The van der Waals surface area contributed by atoms with Gasteiger partial charge in [0.25, 0.3) is 0 Å². The number of hydrogen-bond donors (Lipinski definition) is 1. The van der Waals surface area contributed by atoms with Crippen LogP contribution >= 0.6 is 28.3 Å². The van der Waals surface area contributed by atoms with Crippen molar-refractivity contribution in [2.24, 2.45) is 5.73 Å². The van der Waals surface area contributed by atoms with Crippen molar-refractivity contribution in [2.45, 2.75) is 25.3 Å². The number of carbonyl (C=O) groups is 1. The van der Waals surface area contributed by atoms with Crippen molar-refractivity contribution < 1.29 is 9.18 Å². The van der Waals surface area contributed by atoms with Gasteiger partial charge in [0.15, 0.2) is 0 Å². The second-order valence-corrected chi connectivity index (χ2v) is 5.50. The van der Waals surface area contributed by atoms with Crippen LogP contribution in [0.15, 0.2) is 22.7 Å². The molecule has 1 heterocycles. The first-order valence-corrected chi connectivity index (χ1v) is 6.83. The number of halogens is 3. The minimum absolute atomic E-state index is 0. The first-order valence-electron chi connectivity index (χ1n) is 6.03. The van der Waals surface area contributed by atoms with Crippen LogP contribution in [0.5, 0.6) is 0 Å². The minimum atomic E-state index is -0.310. The fraction of sp³-hybridized carbons (Fsp3) is 0.462. The summed E-state index contributed by atoms with van der Waals surface area (Å²) in [5.74, 6) is -0.226. The summed E-state index contributed by atoms with van der Waals surface area (Å²) in [5.41, 5.74) is 6.62. The highest BCUT2D eigenvalue weighted by molar-refractivity contribution is 9.10. The molecule has 0 aliphatic carbocycles. The van der Waals surface area contributed by atoms with Gasteiger partial charge >= 0.3 is 0 Å². The van der Waals surface area contributed by atoms with E-state index < -0.39 is 0 Å². The Kier molecular flexibility index (Phi) is 6.23. The molecule has 1 aromatic carbocycles. The summed E-state index contributed by atoms with van der Waals surface area (Å²) < 4.78 is 13.5. The standard InChI is InChI=1S/C13H16BrFN2O.ClH/c14-11-7-9(1-2-12(11)15)8-13(18)17-5-3-10(16)4-6-17;/h1-2,7,10H,3-6,8,16H2;1H.